The van der Waals surface area contributed by atoms with Crippen LogP contribution in [-0.4, -0.2) is 34.4 Å². The Balaban J connectivity index is 1.47. The molecule has 2 heterocycles. The Labute approximate surface area is 198 Å². The zero-order chi connectivity index (χ0) is 25.2. The van der Waals surface area contributed by atoms with Gasteiger partial charge in [0.25, 0.3) is 0 Å². The summed E-state index contributed by atoms with van der Waals surface area (Å²) in [5.41, 5.74) is 1.02. The lowest BCUT2D eigenvalue weighted by molar-refractivity contribution is -0.141. The average molecular weight is 490 g/mol. The Morgan fingerprint density at radius 2 is 1.91 bits per heavy atom. The van der Waals surface area contributed by atoms with Crippen LogP contribution in [0.15, 0.2) is 41.1 Å². The van der Waals surface area contributed by atoms with E-state index in [4.69, 9.17) is 19.1 Å². The highest BCUT2D eigenvalue weighted by Crippen LogP contribution is 2.38. The van der Waals surface area contributed by atoms with Crippen molar-refractivity contribution in [2.24, 2.45) is 5.92 Å². The molecule has 0 radical (unpaired) electrons. The van der Waals surface area contributed by atoms with E-state index in [1.807, 2.05) is 26.0 Å². The molecule has 4 rings (SSSR count). The molecule has 35 heavy (non-hydrogen) atoms. The smallest absolute Gasteiger partial charge is 0.437 e. The molecule has 0 saturated carbocycles. The number of hydrogen-bond donors (Lipinski definition) is 2. The van der Waals surface area contributed by atoms with E-state index in [0.717, 1.165) is 10.9 Å². The van der Waals surface area contributed by atoms with Crippen LogP contribution in [0.3, 0.4) is 0 Å². The second-order valence-electron chi connectivity index (χ2n) is 8.49. The van der Waals surface area contributed by atoms with Gasteiger partial charge in [0.1, 0.15) is 11.5 Å². The number of carboxylic acids is 1. The van der Waals surface area contributed by atoms with Crippen molar-refractivity contribution in [3.05, 3.63) is 53.3 Å². The number of aromatic nitrogens is 2. The van der Waals surface area contributed by atoms with Crippen molar-refractivity contribution in [2.75, 3.05) is 13.2 Å². The summed E-state index contributed by atoms with van der Waals surface area (Å²) < 4.78 is 56.7. The fraction of sp³-hybridized carbons (Fsp3) is 0.360. The van der Waals surface area contributed by atoms with E-state index in [1.54, 1.807) is 12.3 Å². The number of aryl methyl sites for hydroxylation is 1. The Morgan fingerprint density at radius 1 is 1.17 bits per heavy atom. The zero-order valence-electron chi connectivity index (χ0n) is 19.2. The van der Waals surface area contributed by atoms with Crippen molar-refractivity contribution in [1.29, 1.82) is 0 Å². The van der Waals surface area contributed by atoms with Gasteiger partial charge in [0, 0.05) is 28.6 Å². The summed E-state index contributed by atoms with van der Waals surface area (Å²) in [4.78, 5) is 14.2. The molecule has 1 unspecified atom stereocenters. The lowest BCUT2D eigenvalue weighted by atomic mass is 10.0. The minimum Gasteiger partial charge on any atom is -0.493 e. The van der Waals surface area contributed by atoms with Crippen LogP contribution in [0.2, 0.25) is 0 Å². The van der Waals surface area contributed by atoms with Crippen LogP contribution in [0.4, 0.5) is 13.2 Å². The van der Waals surface area contributed by atoms with Gasteiger partial charge in [-0.3, -0.25) is 4.79 Å². The van der Waals surface area contributed by atoms with Crippen LogP contribution < -0.4 is 9.47 Å². The van der Waals surface area contributed by atoms with Gasteiger partial charge in [-0.25, -0.2) is 0 Å². The third-order valence-electron chi connectivity index (χ3n) is 5.61. The van der Waals surface area contributed by atoms with E-state index in [9.17, 15) is 18.0 Å². The number of halogens is 3. The van der Waals surface area contributed by atoms with Gasteiger partial charge in [0.05, 0.1) is 25.0 Å². The fourth-order valence-corrected chi connectivity index (χ4v) is 4.02. The van der Waals surface area contributed by atoms with Gasteiger partial charge in [-0.05, 0) is 36.2 Å². The standard InChI is InChI=1S/C25H25F3N2O5/c1-3-5-16-19(9-8-17-23(16)35-30-24(17)25(26,27)28)33-12-14(2)13-34-20-7-4-6-18-22(20)15(11-29-18)10-21(31)32/h4,6-9,11,14,29H,3,5,10,12-13H2,1-2H3,(H,31,32). The summed E-state index contributed by atoms with van der Waals surface area (Å²) in [6.45, 7) is 4.39. The van der Waals surface area contributed by atoms with E-state index < -0.39 is 17.8 Å². The van der Waals surface area contributed by atoms with Gasteiger partial charge in [-0.15, -0.1) is 0 Å². The van der Waals surface area contributed by atoms with Gasteiger partial charge in [-0.2, -0.15) is 13.2 Å². The van der Waals surface area contributed by atoms with Crippen molar-refractivity contribution in [1.82, 2.24) is 10.1 Å². The molecular formula is C25H25F3N2O5. The highest BCUT2D eigenvalue weighted by atomic mass is 19.4. The molecule has 10 heteroatoms. The van der Waals surface area contributed by atoms with Crippen LogP contribution >= 0.6 is 0 Å². The molecule has 0 aliphatic heterocycles. The Kier molecular flexibility index (Phi) is 6.90. The van der Waals surface area contributed by atoms with Gasteiger partial charge in [-0.1, -0.05) is 31.5 Å². The Bertz CT molecular complexity index is 1340. The SMILES string of the molecule is CCCc1c(OCC(C)COc2cccc3[nH]cc(CC(=O)O)c23)ccc2c(C(F)(F)F)noc12. The monoisotopic (exact) mass is 490 g/mol. The highest BCUT2D eigenvalue weighted by Gasteiger charge is 2.37. The summed E-state index contributed by atoms with van der Waals surface area (Å²) in [5, 5.41) is 13.0. The van der Waals surface area contributed by atoms with Gasteiger partial charge in [0.2, 0.25) is 0 Å². The summed E-state index contributed by atoms with van der Waals surface area (Å²) in [5.74, 6) is 0.0167. The lowest BCUT2D eigenvalue weighted by Gasteiger charge is -2.17. The maximum Gasteiger partial charge on any atom is 0.437 e. The summed E-state index contributed by atoms with van der Waals surface area (Å²) >= 11 is 0. The quantitative estimate of drug-likeness (QED) is 0.283. The number of H-pyrrole nitrogens is 1. The van der Waals surface area contributed by atoms with Crippen LogP contribution in [0.5, 0.6) is 11.5 Å². The van der Waals surface area contributed by atoms with Gasteiger partial charge in [0.15, 0.2) is 11.3 Å². The van der Waals surface area contributed by atoms with Crippen molar-refractivity contribution < 1.29 is 37.1 Å². The Morgan fingerprint density at radius 3 is 2.60 bits per heavy atom. The van der Waals surface area contributed by atoms with E-state index in [-0.39, 0.29) is 29.9 Å². The van der Waals surface area contributed by atoms with Crippen molar-refractivity contribution in [3.63, 3.8) is 0 Å². The molecule has 0 saturated heterocycles. The van der Waals surface area contributed by atoms with Crippen LogP contribution in [0, 0.1) is 5.92 Å². The number of benzene rings is 2. The molecule has 0 fully saturated rings. The normalized spacial score (nSPS) is 12.8. The molecule has 1 atom stereocenters. The number of nitrogens with zero attached hydrogens (tertiary/aromatic N) is 1. The maximum atomic E-state index is 13.2. The minimum atomic E-state index is -4.60. The second kappa shape index (κ2) is 9.89. The second-order valence-corrected chi connectivity index (χ2v) is 8.49. The number of ether oxygens (including phenoxy) is 2. The molecule has 2 aromatic heterocycles. The van der Waals surface area contributed by atoms with E-state index >= 15 is 0 Å². The van der Waals surface area contributed by atoms with Crippen LogP contribution in [0.1, 0.15) is 37.1 Å². The first-order valence-corrected chi connectivity index (χ1v) is 11.2. The van der Waals surface area contributed by atoms with Crippen molar-refractivity contribution in [3.8, 4) is 11.5 Å². The number of carbonyl (C=O) groups is 1. The third-order valence-corrected chi connectivity index (χ3v) is 5.61. The number of aliphatic carboxylic acids is 1. The van der Waals surface area contributed by atoms with E-state index in [0.29, 0.717) is 42.1 Å². The first kappa shape index (κ1) is 24.4. The number of aromatic amines is 1. The van der Waals surface area contributed by atoms with Crippen molar-refractivity contribution >= 4 is 27.8 Å². The van der Waals surface area contributed by atoms with Crippen molar-refractivity contribution in [2.45, 2.75) is 39.3 Å². The predicted octanol–water partition coefficient (Wildman–Crippen LogP) is 6.00. The molecular weight excluding hydrogens is 465 g/mol. The highest BCUT2D eigenvalue weighted by molar-refractivity contribution is 5.92. The molecule has 0 aliphatic rings. The molecule has 0 aliphatic carbocycles. The number of hydrogen-bond acceptors (Lipinski definition) is 5. The van der Waals surface area contributed by atoms with Gasteiger partial charge >= 0.3 is 12.1 Å². The summed E-state index contributed by atoms with van der Waals surface area (Å²) in [6.07, 6.45) is -1.90. The van der Waals surface area contributed by atoms with Gasteiger partial charge < -0.3 is 24.1 Å². The Hall–Kier alpha value is -3.69. The molecule has 0 bridgehead atoms. The number of carboxylic acid groups (broad SMARTS) is 1. The topological polar surface area (TPSA) is 97.6 Å². The molecule has 2 aromatic carbocycles. The third kappa shape index (κ3) is 5.21. The van der Waals surface area contributed by atoms with Crippen LogP contribution in [0.25, 0.3) is 21.9 Å². The summed E-state index contributed by atoms with van der Waals surface area (Å²) in [6, 6.07) is 8.29. The number of fused-ring (bicyclic) bond motifs is 2. The maximum absolute atomic E-state index is 13.2. The molecule has 0 amide bonds. The number of rotatable bonds is 10. The average Bonchev–Trinajstić information content (AvgIpc) is 3.41. The first-order chi connectivity index (χ1) is 16.7. The molecule has 4 aromatic rings. The minimum absolute atomic E-state index is 0.0715. The largest absolute Gasteiger partial charge is 0.493 e. The summed E-state index contributed by atoms with van der Waals surface area (Å²) in [7, 11) is 0. The molecule has 0 spiro atoms. The molecule has 2 N–H and O–H groups in total. The lowest BCUT2D eigenvalue weighted by Crippen LogP contribution is -2.17. The molecule has 7 nitrogen and oxygen atoms in total. The fourth-order valence-electron chi connectivity index (χ4n) is 4.02. The van der Waals surface area contributed by atoms with E-state index in [2.05, 4.69) is 10.1 Å². The van der Waals surface area contributed by atoms with E-state index in [1.165, 1.54) is 12.1 Å². The zero-order valence-corrected chi connectivity index (χ0v) is 19.2. The number of alkyl halides is 3. The number of nitrogens with one attached hydrogen (secondary N) is 1. The molecule has 186 valence electrons. The predicted molar refractivity (Wildman–Crippen MR) is 123 cm³/mol. The first-order valence-electron chi connectivity index (χ1n) is 11.2. The van der Waals surface area contributed by atoms with Crippen LogP contribution in [-0.2, 0) is 23.8 Å².